The van der Waals surface area contributed by atoms with Crippen molar-refractivity contribution in [3.8, 4) is 12.1 Å². The van der Waals surface area contributed by atoms with Crippen LogP contribution in [0.3, 0.4) is 0 Å². The van der Waals surface area contributed by atoms with Crippen molar-refractivity contribution in [2.24, 2.45) is 0 Å². The van der Waals surface area contributed by atoms with E-state index in [9.17, 15) is 9.90 Å². The smallest absolute Gasteiger partial charge is 0.876 e. The Bertz CT molecular complexity index is 453. The van der Waals surface area contributed by atoms with E-state index in [1.165, 1.54) is 31.9 Å². The average molecular weight is 369 g/mol. The van der Waals surface area contributed by atoms with Crippen molar-refractivity contribution in [2.75, 3.05) is 41.3 Å². The molecule has 7 nitrogen and oxygen atoms in total. The molecule has 0 aromatic heterocycles. The third-order valence-corrected chi connectivity index (χ3v) is 1.74. The van der Waals surface area contributed by atoms with E-state index < -0.39 is 5.57 Å². The maximum atomic E-state index is 9.98. The van der Waals surface area contributed by atoms with Gasteiger partial charge in [0.2, 0.25) is 0 Å². The maximum absolute atomic E-state index is 9.98. The Labute approximate surface area is 149 Å². The molecule has 0 spiro atoms. The van der Waals surface area contributed by atoms with Crippen LogP contribution >= 0.6 is 0 Å². The topological polar surface area (TPSA) is 116 Å². The van der Waals surface area contributed by atoms with E-state index in [0.29, 0.717) is 0 Å². The number of likely N-dealkylation sites (N-methyl/N-ethyl adjacent to an activating group) is 2. The van der Waals surface area contributed by atoms with E-state index in [1.807, 2.05) is 0 Å². The summed E-state index contributed by atoms with van der Waals surface area (Å²) in [5.74, 6) is 1.02. The number of carbonyl (C=O) groups excluding carboxylic acids is 1. The van der Waals surface area contributed by atoms with Gasteiger partial charge in [-0.25, -0.2) is 5.87 Å². The Morgan fingerprint density at radius 1 is 1.09 bits per heavy atom. The number of ketones is 1. The molecule has 23 heavy (non-hydrogen) atoms. The van der Waals surface area contributed by atoms with Crippen LogP contribution in [0.1, 0.15) is 13.8 Å². The summed E-state index contributed by atoms with van der Waals surface area (Å²) in [4.78, 5) is 14.3. The molecule has 0 saturated heterocycles. The largest absolute Gasteiger partial charge is 2.00 e. The Morgan fingerprint density at radius 3 is 1.48 bits per heavy atom. The van der Waals surface area contributed by atoms with Gasteiger partial charge in [0.05, 0.1) is 0 Å². The van der Waals surface area contributed by atoms with Gasteiger partial charge >= 0.3 is 17.1 Å². The van der Waals surface area contributed by atoms with Crippen LogP contribution in [-0.4, -0.2) is 62.7 Å². The van der Waals surface area contributed by atoms with Crippen LogP contribution in [0.15, 0.2) is 17.4 Å². The molecule has 0 atom stereocenters. The first-order chi connectivity index (χ1) is 10.1. The number of hydrogen-bond donors (Lipinski definition) is 0. The number of nitriles is 2. The zero-order valence-corrected chi connectivity index (χ0v) is 15.3. The molecule has 0 aliphatic rings. The minimum atomic E-state index is -0.403. The molecule has 0 heterocycles. The SMILES string of the molecule is CC(=O)/C=C(/C)[O-].CN(C)CCN(C)C.N#CC(=C=[N-])C#N.[Cu+2]. The quantitative estimate of drug-likeness (QED) is 0.229. The molecule has 0 aromatic rings. The van der Waals surface area contributed by atoms with E-state index in [2.05, 4.69) is 38.0 Å². The van der Waals surface area contributed by atoms with Crippen molar-refractivity contribution < 1.29 is 27.0 Å². The molecule has 0 fully saturated rings. The summed E-state index contributed by atoms with van der Waals surface area (Å²) < 4.78 is 0. The summed E-state index contributed by atoms with van der Waals surface area (Å²) in [5.41, 5.74) is -0.403. The predicted octanol–water partition coefficient (Wildman–Crippen LogP) is 0.146. The van der Waals surface area contributed by atoms with E-state index in [0.717, 1.165) is 19.2 Å². The van der Waals surface area contributed by atoms with Crippen molar-refractivity contribution in [1.29, 1.82) is 10.5 Å². The molecule has 0 aliphatic heterocycles. The zero-order chi connectivity index (χ0) is 18.1. The molecule has 0 amide bonds. The van der Waals surface area contributed by atoms with Crippen molar-refractivity contribution >= 4 is 11.7 Å². The second-order valence-corrected chi connectivity index (χ2v) is 4.68. The number of allylic oxidation sites excluding steroid dienone is 3. The van der Waals surface area contributed by atoms with Gasteiger partial charge in [0.1, 0.15) is 17.7 Å². The predicted molar refractivity (Wildman–Crippen MR) is 84.7 cm³/mol. The monoisotopic (exact) mass is 368 g/mol. The van der Waals surface area contributed by atoms with Gasteiger partial charge in [-0.05, 0) is 41.2 Å². The number of rotatable bonds is 4. The van der Waals surface area contributed by atoms with Crippen molar-refractivity contribution in [3.63, 3.8) is 0 Å². The van der Waals surface area contributed by atoms with Gasteiger partial charge in [-0.2, -0.15) is 10.5 Å². The molecule has 0 unspecified atom stereocenters. The molecule has 0 saturated carbocycles. The minimum absolute atomic E-state index is 0. The van der Waals surface area contributed by atoms with Gasteiger partial charge < -0.3 is 20.3 Å². The van der Waals surface area contributed by atoms with E-state index in [4.69, 9.17) is 15.9 Å². The molecule has 0 rings (SSSR count). The first kappa shape index (κ1) is 29.1. The Hall–Kier alpha value is -1.92. The zero-order valence-electron chi connectivity index (χ0n) is 14.3. The van der Waals surface area contributed by atoms with E-state index in [-0.39, 0.29) is 28.6 Å². The summed E-state index contributed by atoms with van der Waals surface area (Å²) in [6, 6.07) is 2.79. The van der Waals surface area contributed by atoms with Gasteiger partial charge in [-0.3, -0.25) is 4.79 Å². The van der Waals surface area contributed by atoms with Crippen molar-refractivity contribution in [2.45, 2.75) is 13.8 Å². The van der Waals surface area contributed by atoms with E-state index >= 15 is 0 Å². The summed E-state index contributed by atoms with van der Waals surface area (Å²) in [6.07, 6.45) is 1.06. The van der Waals surface area contributed by atoms with Gasteiger partial charge in [-0.1, -0.05) is 6.92 Å². The standard InChI is InChI=1S/C6H16N2.C5H8O2.C4N3.Cu/c1-7(2)5-6-8(3)4;1-4(6)3-5(2)7;5-1-4(2-6)3-7;/h5-6H2,1-4H3;3,6H,1-2H3;;/q;;-1;+2/p-1/b;4-3-;;. The summed E-state index contributed by atoms with van der Waals surface area (Å²) in [5, 5.41) is 33.4. The van der Waals surface area contributed by atoms with Gasteiger partial charge in [0, 0.05) is 13.1 Å². The van der Waals surface area contributed by atoms with Gasteiger partial charge in [0.15, 0.2) is 5.78 Å². The van der Waals surface area contributed by atoms with Crippen molar-refractivity contribution in [1.82, 2.24) is 9.80 Å². The maximum Gasteiger partial charge on any atom is 2.00 e. The normalized spacial score (nSPS) is 8.87. The average Bonchev–Trinajstić information content (AvgIpc) is 2.38. The molecule has 0 aliphatic carbocycles. The van der Waals surface area contributed by atoms with Crippen LogP contribution in [0.25, 0.3) is 5.41 Å². The fourth-order valence-electron chi connectivity index (χ4n) is 0.761. The van der Waals surface area contributed by atoms with Crippen LogP contribution in [0.4, 0.5) is 0 Å². The summed E-state index contributed by atoms with van der Waals surface area (Å²) >= 11 is 0. The fourth-order valence-corrected chi connectivity index (χ4v) is 0.761. The molecule has 1 radical (unpaired) electrons. The summed E-state index contributed by atoms with van der Waals surface area (Å²) in [6.45, 7) is 4.99. The Balaban J connectivity index is -0.000000116. The molecule has 0 aromatic carbocycles. The van der Waals surface area contributed by atoms with Crippen LogP contribution < -0.4 is 5.11 Å². The minimum Gasteiger partial charge on any atom is -0.876 e. The molecule has 0 bridgehead atoms. The Kier molecular flexibility index (Phi) is 25.4. The van der Waals surface area contributed by atoms with Crippen LogP contribution in [-0.2, 0) is 21.9 Å². The summed E-state index contributed by atoms with van der Waals surface area (Å²) in [7, 11) is 8.35. The first-order valence-corrected chi connectivity index (χ1v) is 6.33. The van der Waals surface area contributed by atoms with Crippen molar-refractivity contribution in [3.05, 3.63) is 22.8 Å². The fraction of sp³-hybridized carbons (Fsp3) is 0.533. The molecular weight excluding hydrogens is 346 g/mol. The first-order valence-electron chi connectivity index (χ1n) is 6.33. The second-order valence-electron chi connectivity index (χ2n) is 4.68. The van der Waals surface area contributed by atoms with Gasteiger partial charge in [0.25, 0.3) is 0 Å². The number of nitrogens with zero attached hydrogens (tertiary/aromatic N) is 5. The van der Waals surface area contributed by atoms with Crippen LogP contribution in [0.2, 0.25) is 0 Å². The van der Waals surface area contributed by atoms with E-state index in [1.54, 1.807) is 0 Å². The van der Waals surface area contributed by atoms with Gasteiger partial charge in [-0.15, -0.1) is 5.76 Å². The molecule has 131 valence electrons. The van der Waals surface area contributed by atoms with Crippen LogP contribution in [0.5, 0.6) is 0 Å². The molecule has 8 heteroatoms. The Morgan fingerprint density at radius 2 is 1.43 bits per heavy atom. The molecular formula is C15H23CuN5O2. The number of hydrogen-bond acceptors (Lipinski definition) is 6. The molecule has 0 N–H and O–H groups in total. The second kappa shape index (κ2) is 20.1. The number of carbonyl (C=O) groups is 1. The third kappa shape index (κ3) is 38.4. The van der Waals surface area contributed by atoms with Crippen LogP contribution in [0, 0.1) is 22.7 Å². The third-order valence-electron chi connectivity index (χ3n) is 1.74.